The van der Waals surface area contributed by atoms with Crippen molar-refractivity contribution in [3.8, 4) is 5.75 Å². The summed E-state index contributed by atoms with van der Waals surface area (Å²) in [7, 11) is -4.31. The van der Waals surface area contributed by atoms with Crippen molar-refractivity contribution in [3.63, 3.8) is 0 Å². The Hall–Kier alpha value is -3.34. The Morgan fingerprint density at radius 3 is 2.24 bits per heavy atom. The molecule has 2 amide bonds. The fourth-order valence-electron chi connectivity index (χ4n) is 3.95. The summed E-state index contributed by atoms with van der Waals surface area (Å²) in [5.74, 6) is -1.17. The lowest BCUT2D eigenvalue weighted by molar-refractivity contribution is -0.139. The molecule has 0 heterocycles. The maximum Gasteiger partial charge on any atom is 0.264 e. The molecule has 0 radical (unpaired) electrons. The number of halogens is 3. The first kappa shape index (κ1) is 32.2. The van der Waals surface area contributed by atoms with E-state index < -0.39 is 40.2 Å². The maximum absolute atomic E-state index is 13.9. The van der Waals surface area contributed by atoms with Gasteiger partial charge in [0.15, 0.2) is 0 Å². The summed E-state index contributed by atoms with van der Waals surface area (Å²) < 4.78 is 47.7. The van der Waals surface area contributed by atoms with Crippen LogP contribution in [0.2, 0.25) is 10.0 Å². The Morgan fingerprint density at radius 1 is 1.00 bits per heavy atom. The van der Waals surface area contributed by atoms with E-state index in [2.05, 4.69) is 5.32 Å². The van der Waals surface area contributed by atoms with Crippen LogP contribution in [-0.4, -0.2) is 50.9 Å². The fourth-order valence-corrected chi connectivity index (χ4v) is 5.83. The van der Waals surface area contributed by atoms with E-state index in [0.717, 1.165) is 16.4 Å². The number of sulfonamides is 1. The molecule has 0 saturated carbocycles. The second-order valence-electron chi connectivity index (χ2n) is 9.12. The molecule has 41 heavy (non-hydrogen) atoms. The molecule has 3 aromatic carbocycles. The van der Waals surface area contributed by atoms with Gasteiger partial charge in [-0.2, -0.15) is 0 Å². The predicted octanol–water partition coefficient (Wildman–Crippen LogP) is 5.67. The first-order valence-electron chi connectivity index (χ1n) is 13.0. The largest absolute Gasteiger partial charge is 0.494 e. The van der Waals surface area contributed by atoms with Gasteiger partial charge in [-0.1, -0.05) is 36.2 Å². The number of anilines is 1. The Morgan fingerprint density at radius 2 is 1.66 bits per heavy atom. The van der Waals surface area contributed by atoms with Gasteiger partial charge in [-0.3, -0.25) is 13.9 Å². The molecule has 0 aromatic heterocycles. The van der Waals surface area contributed by atoms with Crippen molar-refractivity contribution in [1.29, 1.82) is 0 Å². The molecule has 0 fully saturated rings. The van der Waals surface area contributed by atoms with E-state index in [4.69, 9.17) is 27.9 Å². The van der Waals surface area contributed by atoms with Crippen molar-refractivity contribution in [2.24, 2.45) is 0 Å². The molecule has 0 aliphatic heterocycles. The second-order valence-corrected chi connectivity index (χ2v) is 11.8. The van der Waals surface area contributed by atoms with Crippen molar-refractivity contribution in [2.75, 3.05) is 24.0 Å². The SMILES string of the molecule is CCCNC(=O)[C@@H](C)N(Cc1ccc(Cl)cc1Cl)C(=O)CN(c1ccc(F)cc1)S(=O)(=O)c1ccc(OCC)cc1. The van der Waals surface area contributed by atoms with Gasteiger partial charge in [-0.25, -0.2) is 12.8 Å². The molecule has 0 spiro atoms. The molecule has 0 bridgehead atoms. The van der Waals surface area contributed by atoms with Crippen LogP contribution in [0.3, 0.4) is 0 Å². The third-order valence-corrected chi connectivity index (χ3v) is 8.56. The highest BCUT2D eigenvalue weighted by Gasteiger charge is 2.33. The van der Waals surface area contributed by atoms with Crippen LogP contribution < -0.4 is 14.4 Å². The molecule has 3 rings (SSSR count). The maximum atomic E-state index is 13.9. The number of hydrogen-bond acceptors (Lipinski definition) is 5. The van der Waals surface area contributed by atoms with Gasteiger partial charge in [-0.15, -0.1) is 0 Å². The van der Waals surface area contributed by atoms with Gasteiger partial charge in [0, 0.05) is 23.1 Å². The van der Waals surface area contributed by atoms with E-state index in [0.29, 0.717) is 35.9 Å². The van der Waals surface area contributed by atoms with E-state index >= 15 is 0 Å². The summed E-state index contributed by atoms with van der Waals surface area (Å²) in [6.07, 6.45) is 0.689. The number of benzene rings is 3. The lowest BCUT2D eigenvalue weighted by Gasteiger charge is -2.32. The zero-order chi connectivity index (χ0) is 30.2. The highest BCUT2D eigenvalue weighted by atomic mass is 35.5. The van der Waals surface area contributed by atoms with Gasteiger partial charge in [0.25, 0.3) is 10.0 Å². The molecule has 3 aromatic rings. The molecule has 1 atom stereocenters. The number of rotatable bonds is 13. The molecule has 12 heteroatoms. The average molecular weight is 625 g/mol. The average Bonchev–Trinajstić information content (AvgIpc) is 2.94. The van der Waals surface area contributed by atoms with E-state index in [1.165, 1.54) is 47.4 Å². The van der Waals surface area contributed by atoms with Crippen molar-refractivity contribution in [1.82, 2.24) is 10.2 Å². The Bertz CT molecular complexity index is 1450. The minimum absolute atomic E-state index is 0.0706. The van der Waals surface area contributed by atoms with Crippen LogP contribution in [0, 0.1) is 5.82 Å². The fraction of sp³-hybridized carbons (Fsp3) is 0.310. The number of ether oxygens (including phenoxy) is 1. The van der Waals surface area contributed by atoms with Gasteiger partial charge in [0.1, 0.15) is 24.2 Å². The van der Waals surface area contributed by atoms with Crippen molar-refractivity contribution in [3.05, 3.63) is 88.2 Å². The lowest BCUT2D eigenvalue weighted by Crippen LogP contribution is -2.51. The van der Waals surface area contributed by atoms with Crippen LogP contribution in [0.15, 0.2) is 71.6 Å². The molecular formula is C29H32Cl2FN3O5S. The quantitative estimate of drug-likeness (QED) is 0.265. The molecule has 1 N–H and O–H groups in total. The Balaban J connectivity index is 2.02. The molecule has 0 aliphatic rings. The third-order valence-electron chi connectivity index (χ3n) is 6.19. The van der Waals surface area contributed by atoms with Crippen LogP contribution >= 0.6 is 23.2 Å². The van der Waals surface area contributed by atoms with Crippen molar-refractivity contribution < 1.29 is 27.1 Å². The summed E-state index contributed by atoms with van der Waals surface area (Å²) >= 11 is 12.4. The van der Waals surface area contributed by atoms with Crippen molar-refractivity contribution >= 4 is 50.7 Å². The van der Waals surface area contributed by atoms with Gasteiger partial charge in [-0.05, 0) is 86.5 Å². The summed E-state index contributed by atoms with van der Waals surface area (Å²) in [6.45, 7) is 5.30. The number of carbonyl (C=O) groups excluding carboxylic acids is 2. The lowest BCUT2D eigenvalue weighted by atomic mass is 10.1. The topological polar surface area (TPSA) is 96.0 Å². The molecular weight excluding hydrogens is 592 g/mol. The minimum atomic E-state index is -4.31. The van der Waals surface area contributed by atoms with E-state index in [9.17, 15) is 22.4 Å². The highest BCUT2D eigenvalue weighted by Crippen LogP contribution is 2.27. The molecule has 8 nitrogen and oxygen atoms in total. The second kappa shape index (κ2) is 14.5. The van der Waals surface area contributed by atoms with Gasteiger partial charge < -0.3 is 15.0 Å². The van der Waals surface area contributed by atoms with Crippen LogP contribution in [0.4, 0.5) is 10.1 Å². The predicted molar refractivity (Wildman–Crippen MR) is 158 cm³/mol. The molecule has 0 aliphatic carbocycles. The van der Waals surface area contributed by atoms with Gasteiger partial charge in [0.05, 0.1) is 17.2 Å². The van der Waals surface area contributed by atoms with Crippen LogP contribution in [0.25, 0.3) is 0 Å². The number of amides is 2. The standard InChI is InChI=1S/C29H32Cl2FN3O5S/c1-4-16-33-29(37)20(3)34(18-21-6-7-22(30)17-27(21)31)28(36)19-35(24-10-8-23(32)9-11-24)41(38,39)26-14-12-25(13-15-26)40-5-2/h6-15,17,20H,4-5,16,18-19H2,1-3H3,(H,33,37)/t20-/m1/s1. The summed E-state index contributed by atoms with van der Waals surface area (Å²) in [5.41, 5.74) is 0.587. The van der Waals surface area contributed by atoms with E-state index in [1.54, 1.807) is 26.0 Å². The van der Waals surface area contributed by atoms with Gasteiger partial charge >= 0.3 is 0 Å². The molecule has 0 saturated heterocycles. The molecule has 220 valence electrons. The van der Waals surface area contributed by atoms with E-state index in [-0.39, 0.29) is 22.2 Å². The number of nitrogens with one attached hydrogen (secondary N) is 1. The van der Waals surface area contributed by atoms with Crippen molar-refractivity contribution in [2.45, 2.75) is 44.7 Å². The number of nitrogens with zero attached hydrogens (tertiary/aromatic N) is 2. The third kappa shape index (κ3) is 8.34. The number of hydrogen-bond donors (Lipinski definition) is 1. The van der Waals surface area contributed by atoms with E-state index in [1.807, 2.05) is 6.92 Å². The smallest absolute Gasteiger partial charge is 0.264 e. The van der Waals surface area contributed by atoms with Gasteiger partial charge in [0.2, 0.25) is 11.8 Å². The minimum Gasteiger partial charge on any atom is -0.494 e. The number of carbonyl (C=O) groups is 2. The zero-order valence-electron chi connectivity index (χ0n) is 22.9. The first-order chi connectivity index (χ1) is 19.5. The summed E-state index contributed by atoms with van der Waals surface area (Å²) in [5, 5.41) is 3.45. The first-order valence-corrected chi connectivity index (χ1v) is 15.2. The zero-order valence-corrected chi connectivity index (χ0v) is 25.3. The highest BCUT2D eigenvalue weighted by molar-refractivity contribution is 7.92. The Kier molecular flexibility index (Phi) is 11.4. The monoisotopic (exact) mass is 623 g/mol. The Labute approximate surface area is 250 Å². The normalized spacial score (nSPS) is 12.0. The summed E-state index contributed by atoms with van der Waals surface area (Å²) in [6, 6.07) is 14.3. The van der Waals surface area contributed by atoms with Crippen LogP contribution in [-0.2, 0) is 26.2 Å². The van der Waals surface area contributed by atoms with Crippen LogP contribution in [0.1, 0.15) is 32.8 Å². The van der Waals surface area contributed by atoms with Crippen LogP contribution in [0.5, 0.6) is 5.75 Å². The summed E-state index contributed by atoms with van der Waals surface area (Å²) in [4.78, 5) is 28.0. The molecule has 0 unspecified atom stereocenters.